The van der Waals surface area contributed by atoms with Crippen LogP contribution in [-0.2, 0) is 16.4 Å². The van der Waals surface area contributed by atoms with Gasteiger partial charge in [-0.1, -0.05) is 23.7 Å². The van der Waals surface area contributed by atoms with Crippen LogP contribution in [0.15, 0.2) is 47.4 Å². The molecule has 0 spiro atoms. The molecule has 2 aromatic carbocycles. The van der Waals surface area contributed by atoms with Crippen molar-refractivity contribution in [1.29, 1.82) is 5.26 Å². The number of anilines is 1. The van der Waals surface area contributed by atoms with Crippen molar-refractivity contribution in [3.05, 3.63) is 58.6 Å². The molecule has 0 aromatic heterocycles. The van der Waals surface area contributed by atoms with Gasteiger partial charge in [-0.25, -0.2) is 13.6 Å². The molecule has 0 radical (unpaired) electrons. The molecule has 2 rings (SSSR count). The zero-order valence-corrected chi connectivity index (χ0v) is 13.2. The van der Waals surface area contributed by atoms with Crippen LogP contribution < -0.4 is 10.5 Å². The van der Waals surface area contributed by atoms with Crippen molar-refractivity contribution in [1.82, 2.24) is 0 Å². The summed E-state index contributed by atoms with van der Waals surface area (Å²) in [6, 6.07) is 13.6. The van der Waals surface area contributed by atoms with Crippen LogP contribution >= 0.6 is 11.6 Å². The maximum Gasteiger partial charge on any atom is 0.238 e. The highest BCUT2D eigenvalue weighted by molar-refractivity contribution is 7.89. The molecule has 0 amide bonds. The normalized spacial score (nSPS) is 11.0. The van der Waals surface area contributed by atoms with Gasteiger partial charge in [0.1, 0.15) is 6.07 Å². The fraction of sp³-hybridized carbons (Fsp3) is 0.133. The van der Waals surface area contributed by atoms with Crippen LogP contribution in [-0.4, -0.2) is 15.0 Å². The van der Waals surface area contributed by atoms with Crippen LogP contribution in [0, 0.1) is 11.3 Å². The lowest BCUT2D eigenvalue weighted by molar-refractivity contribution is 0.598. The lowest BCUT2D eigenvalue weighted by Gasteiger charge is -2.08. The Bertz CT molecular complexity index is 812. The second-order valence-corrected chi connectivity index (χ2v) is 6.64. The van der Waals surface area contributed by atoms with E-state index in [0.717, 1.165) is 11.3 Å². The van der Waals surface area contributed by atoms with E-state index in [1.165, 1.54) is 12.1 Å². The standard InChI is InChI=1S/C15H14ClN3O2S/c16-15-9-13(4-3-12(15)10-17)19-8-7-11-1-5-14(6-2-11)22(18,20)21/h1-6,9,19H,7-8H2,(H2,18,20,21). The van der Waals surface area contributed by atoms with E-state index in [1.807, 2.05) is 6.07 Å². The molecule has 0 bridgehead atoms. The molecule has 0 unspecified atom stereocenters. The molecule has 0 saturated heterocycles. The average Bonchev–Trinajstić information content (AvgIpc) is 2.47. The number of benzene rings is 2. The second kappa shape index (κ2) is 6.79. The molecular formula is C15H14ClN3O2S. The molecule has 0 fully saturated rings. The smallest absolute Gasteiger partial charge is 0.238 e. The number of rotatable bonds is 5. The summed E-state index contributed by atoms with van der Waals surface area (Å²) < 4.78 is 22.3. The van der Waals surface area contributed by atoms with Gasteiger partial charge in [0.25, 0.3) is 0 Å². The highest BCUT2D eigenvalue weighted by atomic mass is 35.5. The molecule has 0 aliphatic carbocycles. The van der Waals surface area contributed by atoms with Gasteiger partial charge in [0, 0.05) is 12.2 Å². The van der Waals surface area contributed by atoms with Gasteiger partial charge in [-0.3, -0.25) is 0 Å². The van der Waals surface area contributed by atoms with E-state index in [9.17, 15) is 8.42 Å². The summed E-state index contributed by atoms with van der Waals surface area (Å²) in [5.41, 5.74) is 2.25. The molecule has 0 heterocycles. The Balaban J connectivity index is 1.94. The van der Waals surface area contributed by atoms with Gasteiger partial charge in [0.2, 0.25) is 10.0 Å². The Morgan fingerprint density at radius 2 is 1.86 bits per heavy atom. The predicted molar refractivity (Wildman–Crippen MR) is 86.2 cm³/mol. The van der Waals surface area contributed by atoms with Gasteiger partial charge in [-0.15, -0.1) is 0 Å². The van der Waals surface area contributed by atoms with Crippen molar-refractivity contribution in [3.63, 3.8) is 0 Å². The Labute approximate surface area is 134 Å². The van der Waals surface area contributed by atoms with Crippen molar-refractivity contribution in [2.24, 2.45) is 5.14 Å². The molecule has 0 aliphatic heterocycles. The Kier molecular flexibility index (Phi) is 5.03. The molecule has 22 heavy (non-hydrogen) atoms. The first kappa shape index (κ1) is 16.3. The number of nitrogens with one attached hydrogen (secondary N) is 1. The third kappa shape index (κ3) is 4.21. The first-order chi connectivity index (χ1) is 10.4. The molecule has 2 aromatic rings. The van der Waals surface area contributed by atoms with Gasteiger partial charge in [0.05, 0.1) is 15.5 Å². The molecule has 0 aliphatic rings. The summed E-state index contributed by atoms with van der Waals surface area (Å²) in [4.78, 5) is 0.100. The van der Waals surface area contributed by atoms with Crippen LogP contribution in [0.2, 0.25) is 5.02 Å². The molecule has 5 nitrogen and oxygen atoms in total. The number of nitrogens with two attached hydrogens (primary N) is 1. The highest BCUT2D eigenvalue weighted by Gasteiger charge is 2.06. The number of hydrogen-bond acceptors (Lipinski definition) is 4. The lowest BCUT2D eigenvalue weighted by atomic mass is 10.1. The minimum absolute atomic E-state index is 0.100. The zero-order valence-electron chi connectivity index (χ0n) is 11.6. The molecule has 114 valence electrons. The first-order valence-corrected chi connectivity index (χ1v) is 8.38. The van der Waals surface area contributed by atoms with Crippen molar-refractivity contribution in [2.75, 3.05) is 11.9 Å². The topological polar surface area (TPSA) is 96.0 Å². The monoisotopic (exact) mass is 335 g/mol. The molecule has 7 heteroatoms. The molecule has 3 N–H and O–H groups in total. The minimum Gasteiger partial charge on any atom is -0.385 e. The third-order valence-corrected chi connectivity index (χ3v) is 4.33. The van der Waals surface area contributed by atoms with Crippen molar-refractivity contribution in [2.45, 2.75) is 11.3 Å². The van der Waals surface area contributed by atoms with E-state index in [4.69, 9.17) is 22.0 Å². The Morgan fingerprint density at radius 1 is 1.18 bits per heavy atom. The maximum atomic E-state index is 11.2. The van der Waals surface area contributed by atoms with Gasteiger partial charge >= 0.3 is 0 Å². The third-order valence-electron chi connectivity index (χ3n) is 3.08. The van der Waals surface area contributed by atoms with E-state index >= 15 is 0 Å². The number of nitriles is 1. The van der Waals surface area contributed by atoms with Crippen molar-refractivity contribution >= 4 is 27.3 Å². The summed E-state index contributed by atoms with van der Waals surface area (Å²) in [6.07, 6.45) is 0.711. The highest BCUT2D eigenvalue weighted by Crippen LogP contribution is 2.20. The number of hydrogen-bond donors (Lipinski definition) is 2. The lowest BCUT2D eigenvalue weighted by Crippen LogP contribution is -2.12. The summed E-state index contributed by atoms with van der Waals surface area (Å²) in [7, 11) is -3.65. The fourth-order valence-electron chi connectivity index (χ4n) is 1.91. The van der Waals surface area contributed by atoms with Gasteiger partial charge in [0.15, 0.2) is 0 Å². The zero-order chi connectivity index (χ0) is 16.2. The van der Waals surface area contributed by atoms with E-state index in [-0.39, 0.29) is 4.90 Å². The van der Waals surface area contributed by atoms with Crippen LogP contribution in [0.25, 0.3) is 0 Å². The second-order valence-electron chi connectivity index (χ2n) is 4.67. The quantitative estimate of drug-likeness (QED) is 0.877. The van der Waals surface area contributed by atoms with E-state index in [0.29, 0.717) is 23.6 Å². The van der Waals surface area contributed by atoms with Gasteiger partial charge in [-0.2, -0.15) is 5.26 Å². The Hall–Kier alpha value is -2.07. The summed E-state index contributed by atoms with van der Waals surface area (Å²) in [5.74, 6) is 0. The van der Waals surface area contributed by atoms with E-state index in [1.54, 1.807) is 30.3 Å². The minimum atomic E-state index is -3.65. The maximum absolute atomic E-state index is 11.2. The van der Waals surface area contributed by atoms with Crippen LogP contribution in [0.5, 0.6) is 0 Å². The van der Waals surface area contributed by atoms with Crippen molar-refractivity contribution < 1.29 is 8.42 Å². The largest absolute Gasteiger partial charge is 0.385 e. The predicted octanol–water partition coefficient (Wildman–Crippen LogP) is 2.51. The van der Waals surface area contributed by atoms with Crippen molar-refractivity contribution in [3.8, 4) is 6.07 Å². The molecule has 0 atom stereocenters. The summed E-state index contributed by atoms with van der Waals surface area (Å²) in [6.45, 7) is 0.650. The van der Waals surface area contributed by atoms with Crippen LogP contribution in [0.4, 0.5) is 5.69 Å². The number of primary sulfonamides is 1. The van der Waals surface area contributed by atoms with Crippen LogP contribution in [0.3, 0.4) is 0 Å². The van der Waals surface area contributed by atoms with E-state index < -0.39 is 10.0 Å². The number of sulfonamides is 1. The summed E-state index contributed by atoms with van der Waals surface area (Å²) in [5, 5.41) is 17.5. The van der Waals surface area contributed by atoms with Gasteiger partial charge < -0.3 is 5.32 Å². The average molecular weight is 336 g/mol. The van der Waals surface area contributed by atoms with Gasteiger partial charge in [-0.05, 0) is 42.3 Å². The number of nitrogens with zero attached hydrogens (tertiary/aromatic N) is 1. The fourth-order valence-corrected chi connectivity index (χ4v) is 2.65. The number of halogens is 1. The Morgan fingerprint density at radius 3 is 2.41 bits per heavy atom. The SMILES string of the molecule is N#Cc1ccc(NCCc2ccc(S(N)(=O)=O)cc2)cc1Cl. The molecular weight excluding hydrogens is 322 g/mol. The summed E-state index contributed by atoms with van der Waals surface area (Å²) >= 11 is 5.95. The molecule has 0 saturated carbocycles. The van der Waals surface area contributed by atoms with E-state index in [2.05, 4.69) is 5.32 Å². The van der Waals surface area contributed by atoms with Crippen LogP contribution in [0.1, 0.15) is 11.1 Å². The first-order valence-electron chi connectivity index (χ1n) is 6.45.